The summed E-state index contributed by atoms with van der Waals surface area (Å²) in [5.74, 6) is -0.819. The van der Waals surface area contributed by atoms with Crippen molar-refractivity contribution < 1.29 is 15.0 Å². The average Bonchev–Trinajstić information content (AvgIpc) is 2.44. The molecule has 4 heteroatoms. The van der Waals surface area contributed by atoms with Crippen molar-refractivity contribution in [1.82, 2.24) is 0 Å². The molecule has 0 radical (unpaired) electrons. The van der Waals surface area contributed by atoms with Gasteiger partial charge in [-0.1, -0.05) is 32.0 Å². The second kappa shape index (κ2) is 7.29. The highest BCUT2D eigenvalue weighted by Crippen LogP contribution is 2.24. The van der Waals surface area contributed by atoms with Gasteiger partial charge in [0.25, 0.3) is 0 Å². The van der Waals surface area contributed by atoms with Crippen LogP contribution in [0.25, 0.3) is 0 Å². The Labute approximate surface area is 121 Å². The van der Waals surface area contributed by atoms with E-state index in [1.165, 1.54) is 0 Å². The third-order valence-electron chi connectivity index (χ3n) is 3.85. The van der Waals surface area contributed by atoms with E-state index in [0.29, 0.717) is 25.9 Å². The van der Waals surface area contributed by atoms with Crippen molar-refractivity contribution in [2.75, 3.05) is 18.0 Å². The third-order valence-corrected chi connectivity index (χ3v) is 3.85. The van der Waals surface area contributed by atoms with E-state index in [9.17, 15) is 9.90 Å². The number of hydrogen-bond acceptors (Lipinski definition) is 3. The fraction of sp³-hybridized carbons (Fsp3) is 0.562. The number of para-hydroxylation sites is 1. The van der Waals surface area contributed by atoms with Crippen LogP contribution in [0.3, 0.4) is 0 Å². The Morgan fingerprint density at radius 2 is 1.85 bits per heavy atom. The Bertz CT molecular complexity index is 441. The molecule has 4 nitrogen and oxygen atoms in total. The number of carbonyl (C=O) groups is 1. The molecule has 0 aliphatic heterocycles. The first-order valence-electron chi connectivity index (χ1n) is 7.16. The van der Waals surface area contributed by atoms with Crippen LogP contribution in [0, 0.1) is 6.92 Å². The Morgan fingerprint density at radius 1 is 1.25 bits per heavy atom. The molecule has 1 aromatic carbocycles. The van der Waals surface area contributed by atoms with Gasteiger partial charge in [0.05, 0.1) is 12.0 Å². The summed E-state index contributed by atoms with van der Waals surface area (Å²) < 4.78 is 0. The first-order valence-corrected chi connectivity index (χ1v) is 7.16. The average molecular weight is 279 g/mol. The molecule has 2 N–H and O–H groups in total. The summed E-state index contributed by atoms with van der Waals surface area (Å²) in [7, 11) is 0. The van der Waals surface area contributed by atoms with Crippen molar-refractivity contribution in [1.29, 1.82) is 0 Å². The van der Waals surface area contributed by atoms with Crippen LogP contribution in [0.4, 0.5) is 5.69 Å². The van der Waals surface area contributed by atoms with Crippen molar-refractivity contribution >= 4 is 11.7 Å². The van der Waals surface area contributed by atoms with E-state index < -0.39 is 11.6 Å². The van der Waals surface area contributed by atoms with Gasteiger partial charge in [-0.3, -0.25) is 4.79 Å². The van der Waals surface area contributed by atoms with Crippen molar-refractivity contribution in [2.45, 2.75) is 45.6 Å². The van der Waals surface area contributed by atoms with Crippen LogP contribution in [0.15, 0.2) is 24.3 Å². The molecule has 0 fully saturated rings. The van der Waals surface area contributed by atoms with Gasteiger partial charge < -0.3 is 15.1 Å². The Hall–Kier alpha value is -1.55. The quantitative estimate of drug-likeness (QED) is 0.768. The molecule has 0 bridgehead atoms. The second-order valence-corrected chi connectivity index (χ2v) is 5.28. The molecular weight excluding hydrogens is 254 g/mol. The van der Waals surface area contributed by atoms with Gasteiger partial charge in [0.15, 0.2) is 0 Å². The van der Waals surface area contributed by atoms with Gasteiger partial charge in [0, 0.05) is 18.8 Å². The van der Waals surface area contributed by atoms with Gasteiger partial charge in [-0.05, 0) is 31.4 Å². The highest BCUT2D eigenvalue weighted by molar-refractivity contribution is 5.68. The SMILES string of the molecule is CCC(O)(CC)CN(CCC(=O)O)c1ccccc1C. The minimum Gasteiger partial charge on any atom is -0.481 e. The Morgan fingerprint density at radius 3 is 2.35 bits per heavy atom. The predicted molar refractivity (Wildman–Crippen MR) is 81.2 cm³/mol. The summed E-state index contributed by atoms with van der Waals surface area (Å²) >= 11 is 0. The monoisotopic (exact) mass is 279 g/mol. The number of carboxylic acid groups (broad SMARTS) is 1. The van der Waals surface area contributed by atoms with Gasteiger partial charge >= 0.3 is 5.97 Å². The molecular formula is C16H25NO3. The number of carboxylic acids is 1. The van der Waals surface area contributed by atoms with Crippen LogP contribution in [-0.2, 0) is 4.79 Å². The van der Waals surface area contributed by atoms with E-state index in [0.717, 1.165) is 11.3 Å². The number of nitrogens with zero attached hydrogens (tertiary/aromatic N) is 1. The van der Waals surface area contributed by atoms with Gasteiger partial charge in [-0.15, -0.1) is 0 Å². The zero-order valence-electron chi connectivity index (χ0n) is 12.6. The molecule has 0 unspecified atom stereocenters. The van der Waals surface area contributed by atoms with E-state index >= 15 is 0 Å². The van der Waals surface area contributed by atoms with E-state index in [-0.39, 0.29) is 6.42 Å². The molecule has 0 atom stereocenters. The molecule has 112 valence electrons. The van der Waals surface area contributed by atoms with Gasteiger partial charge in [0.2, 0.25) is 0 Å². The van der Waals surface area contributed by atoms with Crippen LogP contribution in [0.2, 0.25) is 0 Å². The molecule has 0 aliphatic rings. The maximum absolute atomic E-state index is 10.8. The fourth-order valence-electron chi connectivity index (χ4n) is 2.26. The third kappa shape index (κ3) is 4.53. The van der Waals surface area contributed by atoms with Crippen molar-refractivity contribution in [3.8, 4) is 0 Å². The molecule has 0 spiro atoms. The number of anilines is 1. The number of aliphatic carboxylic acids is 1. The number of rotatable bonds is 8. The van der Waals surface area contributed by atoms with Gasteiger partial charge in [0.1, 0.15) is 0 Å². The van der Waals surface area contributed by atoms with Gasteiger partial charge in [-0.2, -0.15) is 0 Å². The standard InChI is InChI=1S/C16H25NO3/c1-4-16(20,5-2)12-17(11-10-15(18)19)14-9-7-6-8-13(14)3/h6-9,20H,4-5,10-12H2,1-3H3,(H,18,19). The fourth-order valence-corrected chi connectivity index (χ4v) is 2.26. The summed E-state index contributed by atoms with van der Waals surface area (Å²) in [6.45, 7) is 6.77. The lowest BCUT2D eigenvalue weighted by Gasteiger charge is -2.35. The van der Waals surface area contributed by atoms with E-state index in [1.807, 2.05) is 49.9 Å². The first kappa shape index (κ1) is 16.5. The second-order valence-electron chi connectivity index (χ2n) is 5.28. The summed E-state index contributed by atoms with van der Waals surface area (Å²) in [6.07, 6.45) is 1.37. The smallest absolute Gasteiger partial charge is 0.305 e. The van der Waals surface area contributed by atoms with Crippen LogP contribution in [0.1, 0.15) is 38.7 Å². The molecule has 1 rings (SSSR count). The summed E-state index contributed by atoms with van der Waals surface area (Å²) in [6, 6.07) is 7.87. The van der Waals surface area contributed by atoms with E-state index in [4.69, 9.17) is 5.11 Å². The molecule has 1 aromatic rings. The number of hydrogen-bond donors (Lipinski definition) is 2. The highest BCUT2D eigenvalue weighted by atomic mass is 16.4. The zero-order chi connectivity index (χ0) is 15.2. The molecule has 0 aromatic heterocycles. The summed E-state index contributed by atoms with van der Waals surface area (Å²) in [5, 5.41) is 19.4. The van der Waals surface area contributed by atoms with Crippen molar-refractivity contribution in [3.63, 3.8) is 0 Å². The molecule has 0 amide bonds. The Balaban J connectivity index is 2.96. The molecule has 0 saturated carbocycles. The van der Waals surface area contributed by atoms with Gasteiger partial charge in [-0.25, -0.2) is 0 Å². The largest absolute Gasteiger partial charge is 0.481 e. The number of aryl methyl sites for hydroxylation is 1. The zero-order valence-corrected chi connectivity index (χ0v) is 12.6. The lowest BCUT2D eigenvalue weighted by molar-refractivity contribution is -0.136. The normalized spacial score (nSPS) is 11.4. The molecule has 0 aliphatic carbocycles. The van der Waals surface area contributed by atoms with E-state index in [1.54, 1.807) is 0 Å². The maximum atomic E-state index is 10.8. The molecule has 0 saturated heterocycles. The van der Waals surface area contributed by atoms with Crippen LogP contribution >= 0.6 is 0 Å². The number of benzene rings is 1. The lowest BCUT2D eigenvalue weighted by atomic mass is 9.96. The minimum atomic E-state index is -0.819. The van der Waals surface area contributed by atoms with E-state index in [2.05, 4.69) is 0 Å². The molecule has 0 heterocycles. The summed E-state index contributed by atoms with van der Waals surface area (Å²) in [4.78, 5) is 12.8. The van der Waals surface area contributed by atoms with Crippen molar-refractivity contribution in [3.05, 3.63) is 29.8 Å². The maximum Gasteiger partial charge on any atom is 0.305 e. The predicted octanol–water partition coefficient (Wildman–Crippen LogP) is 2.83. The lowest BCUT2D eigenvalue weighted by Crippen LogP contribution is -2.43. The summed E-state index contributed by atoms with van der Waals surface area (Å²) in [5.41, 5.74) is 1.31. The van der Waals surface area contributed by atoms with Crippen LogP contribution < -0.4 is 4.90 Å². The van der Waals surface area contributed by atoms with Crippen LogP contribution in [0.5, 0.6) is 0 Å². The van der Waals surface area contributed by atoms with Crippen LogP contribution in [-0.4, -0.2) is 34.9 Å². The topological polar surface area (TPSA) is 60.8 Å². The highest BCUT2D eigenvalue weighted by Gasteiger charge is 2.26. The minimum absolute atomic E-state index is 0.0673. The first-order chi connectivity index (χ1) is 9.41. The Kier molecular flexibility index (Phi) is 6.02. The number of aliphatic hydroxyl groups is 1. The van der Waals surface area contributed by atoms with Crippen molar-refractivity contribution in [2.24, 2.45) is 0 Å². The molecule has 20 heavy (non-hydrogen) atoms.